The van der Waals surface area contributed by atoms with E-state index >= 15 is 0 Å². The molecule has 0 aliphatic carbocycles. The lowest BCUT2D eigenvalue weighted by molar-refractivity contribution is 0.0908. The van der Waals surface area contributed by atoms with Gasteiger partial charge in [-0.25, -0.2) is 0 Å². The Bertz CT molecular complexity index is 92.1. The van der Waals surface area contributed by atoms with E-state index in [2.05, 4.69) is 12.6 Å². The Morgan fingerprint density at radius 3 is 3.09 bits per heavy atom. The second-order valence-electron chi connectivity index (χ2n) is 2.88. The van der Waals surface area contributed by atoms with Crippen LogP contribution in [0.4, 0.5) is 0 Å². The molecule has 1 heterocycles. The van der Waals surface area contributed by atoms with E-state index in [4.69, 9.17) is 9.47 Å². The maximum Gasteiger partial charge on any atom is 0.0517 e. The van der Waals surface area contributed by atoms with E-state index in [9.17, 15) is 0 Å². The SMILES string of the molecule is SCCCOCC1CCOC1. The lowest BCUT2D eigenvalue weighted by Crippen LogP contribution is -2.09. The summed E-state index contributed by atoms with van der Waals surface area (Å²) in [6, 6.07) is 0. The average Bonchev–Trinajstić information content (AvgIpc) is 2.50. The summed E-state index contributed by atoms with van der Waals surface area (Å²) in [5, 5.41) is 0. The third-order valence-electron chi connectivity index (χ3n) is 1.82. The van der Waals surface area contributed by atoms with Crippen molar-refractivity contribution in [2.75, 3.05) is 32.2 Å². The fraction of sp³-hybridized carbons (Fsp3) is 1.00. The van der Waals surface area contributed by atoms with Gasteiger partial charge in [-0.1, -0.05) is 0 Å². The van der Waals surface area contributed by atoms with Gasteiger partial charge in [-0.15, -0.1) is 0 Å². The zero-order valence-corrected chi connectivity index (χ0v) is 7.69. The minimum Gasteiger partial charge on any atom is -0.381 e. The van der Waals surface area contributed by atoms with Crippen molar-refractivity contribution >= 4 is 12.6 Å². The molecule has 2 nitrogen and oxygen atoms in total. The van der Waals surface area contributed by atoms with Crippen molar-refractivity contribution in [1.82, 2.24) is 0 Å². The van der Waals surface area contributed by atoms with E-state index < -0.39 is 0 Å². The molecular formula is C8H16O2S. The van der Waals surface area contributed by atoms with Gasteiger partial charge < -0.3 is 9.47 Å². The summed E-state index contributed by atoms with van der Waals surface area (Å²) in [4.78, 5) is 0. The minimum atomic E-state index is 0.648. The van der Waals surface area contributed by atoms with Crippen LogP contribution in [0.2, 0.25) is 0 Å². The Kier molecular flexibility index (Phi) is 4.99. The zero-order chi connectivity index (χ0) is 7.94. The largest absolute Gasteiger partial charge is 0.381 e. The Morgan fingerprint density at radius 2 is 2.45 bits per heavy atom. The molecule has 1 aliphatic heterocycles. The maximum absolute atomic E-state index is 5.43. The Hall–Kier alpha value is 0.270. The number of rotatable bonds is 5. The molecule has 0 N–H and O–H groups in total. The normalized spacial score (nSPS) is 24.3. The molecule has 0 radical (unpaired) electrons. The van der Waals surface area contributed by atoms with Crippen LogP contribution in [-0.2, 0) is 9.47 Å². The summed E-state index contributed by atoms with van der Waals surface area (Å²) in [5.41, 5.74) is 0. The van der Waals surface area contributed by atoms with Crippen molar-refractivity contribution < 1.29 is 9.47 Å². The van der Waals surface area contributed by atoms with E-state index in [1.807, 2.05) is 0 Å². The van der Waals surface area contributed by atoms with Crippen molar-refractivity contribution in [3.05, 3.63) is 0 Å². The summed E-state index contributed by atoms with van der Waals surface area (Å²) >= 11 is 4.10. The van der Waals surface area contributed by atoms with Gasteiger partial charge in [0.25, 0.3) is 0 Å². The van der Waals surface area contributed by atoms with Gasteiger partial charge in [0.2, 0.25) is 0 Å². The van der Waals surface area contributed by atoms with Crippen LogP contribution in [0, 0.1) is 5.92 Å². The molecular weight excluding hydrogens is 160 g/mol. The van der Waals surface area contributed by atoms with Gasteiger partial charge in [0.15, 0.2) is 0 Å². The molecule has 1 rings (SSSR count). The van der Waals surface area contributed by atoms with Gasteiger partial charge in [-0.3, -0.25) is 0 Å². The van der Waals surface area contributed by atoms with Crippen LogP contribution < -0.4 is 0 Å². The smallest absolute Gasteiger partial charge is 0.0517 e. The van der Waals surface area contributed by atoms with Gasteiger partial charge in [0.05, 0.1) is 13.2 Å². The summed E-state index contributed by atoms with van der Waals surface area (Å²) < 4.78 is 10.6. The minimum absolute atomic E-state index is 0.648. The topological polar surface area (TPSA) is 18.5 Å². The monoisotopic (exact) mass is 176 g/mol. The first-order valence-corrected chi connectivity index (χ1v) is 4.83. The van der Waals surface area contributed by atoms with Crippen molar-refractivity contribution in [2.24, 2.45) is 5.92 Å². The molecule has 1 saturated heterocycles. The zero-order valence-electron chi connectivity index (χ0n) is 6.79. The second-order valence-corrected chi connectivity index (χ2v) is 3.33. The highest BCUT2D eigenvalue weighted by Gasteiger charge is 2.14. The van der Waals surface area contributed by atoms with Crippen LogP contribution in [0.25, 0.3) is 0 Å². The van der Waals surface area contributed by atoms with E-state index in [0.29, 0.717) is 5.92 Å². The molecule has 1 atom stereocenters. The molecule has 0 aromatic heterocycles. The lowest BCUT2D eigenvalue weighted by Gasteiger charge is -2.07. The molecule has 1 aliphatic rings. The van der Waals surface area contributed by atoms with Gasteiger partial charge in [-0.2, -0.15) is 12.6 Å². The Morgan fingerprint density at radius 1 is 1.55 bits per heavy atom. The highest BCUT2D eigenvalue weighted by Crippen LogP contribution is 2.12. The Balaban J connectivity index is 1.86. The standard InChI is InChI=1S/C8H16O2S/c11-5-1-3-9-6-8-2-4-10-7-8/h8,11H,1-7H2. The third-order valence-corrected chi connectivity index (χ3v) is 2.14. The predicted molar refractivity (Wildman–Crippen MR) is 48.2 cm³/mol. The molecule has 0 bridgehead atoms. The van der Waals surface area contributed by atoms with Crippen molar-refractivity contribution in [2.45, 2.75) is 12.8 Å². The van der Waals surface area contributed by atoms with Gasteiger partial charge in [0.1, 0.15) is 0 Å². The quantitative estimate of drug-likeness (QED) is 0.503. The fourth-order valence-electron chi connectivity index (χ4n) is 1.13. The molecule has 66 valence electrons. The van der Waals surface area contributed by atoms with Gasteiger partial charge >= 0.3 is 0 Å². The summed E-state index contributed by atoms with van der Waals surface area (Å²) in [6.45, 7) is 3.52. The lowest BCUT2D eigenvalue weighted by atomic mass is 10.1. The highest BCUT2D eigenvalue weighted by molar-refractivity contribution is 7.80. The predicted octanol–water partition coefficient (Wildman–Crippen LogP) is 1.36. The molecule has 1 fully saturated rings. The van der Waals surface area contributed by atoms with Crippen LogP contribution in [-0.4, -0.2) is 32.2 Å². The highest BCUT2D eigenvalue weighted by atomic mass is 32.1. The summed E-state index contributed by atoms with van der Waals surface area (Å²) in [6.07, 6.45) is 2.22. The molecule has 0 saturated carbocycles. The average molecular weight is 176 g/mol. The van der Waals surface area contributed by atoms with Crippen molar-refractivity contribution in [3.8, 4) is 0 Å². The molecule has 1 unspecified atom stereocenters. The van der Waals surface area contributed by atoms with E-state index in [-0.39, 0.29) is 0 Å². The summed E-state index contributed by atoms with van der Waals surface area (Å²) in [5.74, 6) is 1.57. The molecule has 0 spiro atoms. The number of hydrogen-bond acceptors (Lipinski definition) is 3. The molecule has 3 heteroatoms. The van der Waals surface area contributed by atoms with Crippen LogP contribution in [0.3, 0.4) is 0 Å². The first-order valence-electron chi connectivity index (χ1n) is 4.20. The van der Waals surface area contributed by atoms with E-state index in [0.717, 1.165) is 38.6 Å². The van der Waals surface area contributed by atoms with Crippen LogP contribution in [0.1, 0.15) is 12.8 Å². The molecule has 0 aromatic carbocycles. The maximum atomic E-state index is 5.43. The van der Waals surface area contributed by atoms with Crippen molar-refractivity contribution in [1.29, 1.82) is 0 Å². The van der Waals surface area contributed by atoms with Crippen molar-refractivity contribution in [3.63, 3.8) is 0 Å². The number of ether oxygens (including phenoxy) is 2. The first kappa shape index (κ1) is 9.36. The van der Waals surface area contributed by atoms with Crippen LogP contribution >= 0.6 is 12.6 Å². The second kappa shape index (κ2) is 5.86. The van der Waals surface area contributed by atoms with E-state index in [1.165, 1.54) is 6.42 Å². The molecule has 0 aromatic rings. The number of thiol groups is 1. The summed E-state index contributed by atoms with van der Waals surface area (Å²) in [7, 11) is 0. The third kappa shape index (κ3) is 3.99. The van der Waals surface area contributed by atoms with E-state index in [1.54, 1.807) is 0 Å². The Labute approximate surface area is 73.7 Å². The molecule has 0 amide bonds. The number of hydrogen-bond donors (Lipinski definition) is 1. The first-order chi connectivity index (χ1) is 5.43. The van der Waals surface area contributed by atoms with Gasteiger partial charge in [0, 0.05) is 19.1 Å². The van der Waals surface area contributed by atoms with Crippen LogP contribution in [0.15, 0.2) is 0 Å². The fourth-order valence-corrected chi connectivity index (χ4v) is 1.26. The van der Waals surface area contributed by atoms with Crippen LogP contribution in [0.5, 0.6) is 0 Å². The molecule has 11 heavy (non-hydrogen) atoms. The van der Waals surface area contributed by atoms with Gasteiger partial charge in [-0.05, 0) is 18.6 Å².